The molecule has 2 atom stereocenters. The van der Waals surface area contributed by atoms with Gasteiger partial charge in [0, 0.05) is 5.69 Å². The van der Waals surface area contributed by atoms with Crippen LogP contribution in [0.5, 0.6) is 0 Å². The van der Waals surface area contributed by atoms with Crippen molar-refractivity contribution in [2.75, 3.05) is 4.90 Å². The Morgan fingerprint density at radius 1 is 0.882 bits per heavy atom. The van der Waals surface area contributed by atoms with Gasteiger partial charge in [0.25, 0.3) is 0 Å². The molecule has 1 aliphatic rings. The Kier molecular flexibility index (Phi) is 2.40. The lowest BCUT2D eigenvalue weighted by Gasteiger charge is -2.09. The molecule has 1 heterocycles. The molecule has 0 saturated carbocycles. The summed E-state index contributed by atoms with van der Waals surface area (Å²) in [4.78, 5) is 2.49. The van der Waals surface area contributed by atoms with Gasteiger partial charge in [-0.25, -0.2) is 0 Å². The second-order valence-corrected chi connectivity index (χ2v) is 4.79. The largest absolute Gasteiger partial charge is 0.357 e. The molecule has 3 rings (SSSR count). The van der Waals surface area contributed by atoms with Gasteiger partial charge in [-0.3, -0.25) is 0 Å². The Morgan fingerprint density at radius 2 is 1.53 bits per heavy atom. The van der Waals surface area contributed by atoms with Crippen molar-refractivity contribution >= 4 is 5.69 Å². The molecule has 0 radical (unpaired) electrons. The van der Waals surface area contributed by atoms with Crippen LogP contribution in [0.4, 0.5) is 5.69 Å². The van der Waals surface area contributed by atoms with E-state index in [4.69, 9.17) is 0 Å². The maximum Gasteiger partial charge on any atom is 0.0747 e. The highest BCUT2D eigenvalue weighted by Gasteiger charge is 2.45. The molecule has 2 aromatic rings. The molecule has 0 amide bonds. The molecule has 2 aromatic carbocycles. The van der Waals surface area contributed by atoms with E-state index in [1.807, 2.05) is 0 Å². The van der Waals surface area contributed by atoms with Crippen molar-refractivity contribution in [1.29, 1.82) is 0 Å². The Hall–Kier alpha value is -1.76. The standard InChI is InChI=1S/C16H17N/c1-12-8-6-7-11-15(12)17-13(2)16(17)14-9-4-3-5-10-14/h3-11,13,16H,1-2H3/t13-,16-,17?/m0/s1. The number of rotatable bonds is 2. The van der Waals surface area contributed by atoms with Crippen LogP contribution in [0.25, 0.3) is 0 Å². The fraction of sp³-hybridized carbons (Fsp3) is 0.250. The van der Waals surface area contributed by atoms with E-state index >= 15 is 0 Å². The third kappa shape index (κ3) is 1.72. The predicted molar refractivity (Wildman–Crippen MR) is 72.3 cm³/mol. The maximum absolute atomic E-state index is 2.49. The number of benzene rings is 2. The summed E-state index contributed by atoms with van der Waals surface area (Å²) >= 11 is 0. The second kappa shape index (κ2) is 3.92. The van der Waals surface area contributed by atoms with Gasteiger partial charge in [0.2, 0.25) is 0 Å². The van der Waals surface area contributed by atoms with Crippen molar-refractivity contribution in [2.45, 2.75) is 25.9 Å². The number of hydrogen-bond donors (Lipinski definition) is 0. The molecule has 1 nitrogen and oxygen atoms in total. The van der Waals surface area contributed by atoms with Crippen LogP contribution in [-0.4, -0.2) is 6.04 Å². The SMILES string of the molecule is Cc1ccccc1N1[C@H](c2ccccc2)[C@@H]1C. The lowest BCUT2D eigenvalue weighted by molar-refractivity contribution is 1.04. The molecular formula is C16H17N. The molecule has 0 aliphatic carbocycles. The molecule has 0 N–H and O–H groups in total. The van der Waals surface area contributed by atoms with E-state index in [-0.39, 0.29) is 0 Å². The summed E-state index contributed by atoms with van der Waals surface area (Å²) in [6, 6.07) is 20.5. The van der Waals surface area contributed by atoms with E-state index in [9.17, 15) is 0 Å². The molecule has 1 saturated heterocycles. The fourth-order valence-corrected chi connectivity index (χ4v) is 2.66. The summed E-state index contributed by atoms with van der Waals surface area (Å²) in [5.41, 5.74) is 4.15. The highest BCUT2D eigenvalue weighted by Crippen LogP contribution is 2.47. The lowest BCUT2D eigenvalue weighted by atomic mass is 10.1. The third-order valence-electron chi connectivity index (χ3n) is 3.64. The predicted octanol–water partition coefficient (Wildman–Crippen LogP) is 3.94. The molecule has 1 aliphatic heterocycles. The van der Waals surface area contributed by atoms with Gasteiger partial charge in [0.15, 0.2) is 0 Å². The van der Waals surface area contributed by atoms with Crippen LogP contribution in [0.15, 0.2) is 54.6 Å². The maximum atomic E-state index is 2.49. The number of aryl methyl sites for hydroxylation is 1. The molecule has 0 spiro atoms. The molecule has 17 heavy (non-hydrogen) atoms. The highest BCUT2D eigenvalue weighted by molar-refractivity contribution is 5.62. The van der Waals surface area contributed by atoms with Crippen LogP contribution in [0.2, 0.25) is 0 Å². The van der Waals surface area contributed by atoms with E-state index in [1.165, 1.54) is 16.8 Å². The van der Waals surface area contributed by atoms with Gasteiger partial charge in [-0.1, -0.05) is 48.5 Å². The van der Waals surface area contributed by atoms with E-state index in [0.717, 1.165) is 0 Å². The zero-order valence-electron chi connectivity index (χ0n) is 10.3. The van der Waals surface area contributed by atoms with Gasteiger partial charge in [-0.2, -0.15) is 0 Å². The quantitative estimate of drug-likeness (QED) is 0.697. The zero-order chi connectivity index (χ0) is 11.8. The van der Waals surface area contributed by atoms with Crippen molar-refractivity contribution in [2.24, 2.45) is 0 Å². The van der Waals surface area contributed by atoms with Crippen LogP contribution >= 0.6 is 0 Å². The monoisotopic (exact) mass is 223 g/mol. The molecule has 86 valence electrons. The van der Waals surface area contributed by atoms with Crippen molar-refractivity contribution in [3.8, 4) is 0 Å². The molecule has 1 heteroatoms. The minimum Gasteiger partial charge on any atom is -0.357 e. The second-order valence-electron chi connectivity index (χ2n) is 4.79. The van der Waals surface area contributed by atoms with E-state index < -0.39 is 0 Å². The van der Waals surface area contributed by atoms with Crippen molar-refractivity contribution < 1.29 is 0 Å². The average Bonchev–Trinajstić information content (AvgIpc) is 3.02. The van der Waals surface area contributed by atoms with Crippen LogP contribution in [-0.2, 0) is 0 Å². The molecule has 1 fully saturated rings. The Labute approximate surface area is 103 Å². The van der Waals surface area contributed by atoms with Gasteiger partial charge in [0.05, 0.1) is 12.1 Å². The highest BCUT2D eigenvalue weighted by atomic mass is 15.3. The average molecular weight is 223 g/mol. The van der Waals surface area contributed by atoms with Crippen LogP contribution in [0, 0.1) is 6.92 Å². The normalized spacial score (nSPS) is 22.6. The summed E-state index contributed by atoms with van der Waals surface area (Å²) in [5.74, 6) is 0. The smallest absolute Gasteiger partial charge is 0.0747 e. The van der Waals surface area contributed by atoms with Gasteiger partial charge < -0.3 is 4.90 Å². The molecular weight excluding hydrogens is 206 g/mol. The minimum absolute atomic E-state index is 0.553. The van der Waals surface area contributed by atoms with Gasteiger partial charge >= 0.3 is 0 Å². The van der Waals surface area contributed by atoms with Crippen molar-refractivity contribution in [3.05, 3.63) is 65.7 Å². The first kappa shape index (κ1) is 10.4. The Bertz CT molecular complexity index is 518. The van der Waals surface area contributed by atoms with Crippen molar-refractivity contribution in [1.82, 2.24) is 0 Å². The Morgan fingerprint density at radius 3 is 2.24 bits per heavy atom. The van der Waals surface area contributed by atoms with Crippen LogP contribution in [0.3, 0.4) is 0 Å². The van der Waals surface area contributed by atoms with E-state index in [2.05, 4.69) is 73.3 Å². The number of anilines is 1. The summed E-state index contributed by atoms with van der Waals surface area (Å²) < 4.78 is 0. The summed E-state index contributed by atoms with van der Waals surface area (Å²) in [7, 11) is 0. The topological polar surface area (TPSA) is 3.01 Å². The first-order chi connectivity index (χ1) is 8.29. The van der Waals surface area contributed by atoms with Gasteiger partial charge in [0.1, 0.15) is 0 Å². The van der Waals surface area contributed by atoms with Crippen LogP contribution in [0.1, 0.15) is 24.1 Å². The first-order valence-corrected chi connectivity index (χ1v) is 6.18. The molecule has 0 aromatic heterocycles. The van der Waals surface area contributed by atoms with E-state index in [0.29, 0.717) is 12.1 Å². The minimum atomic E-state index is 0.553. The first-order valence-electron chi connectivity index (χ1n) is 6.18. The molecule has 0 bridgehead atoms. The van der Waals surface area contributed by atoms with Gasteiger partial charge in [-0.15, -0.1) is 0 Å². The van der Waals surface area contributed by atoms with E-state index in [1.54, 1.807) is 0 Å². The summed E-state index contributed by atoms with van der Waals surface area (Å²) in [5, 5.41) is 0. The van der Waals surface area contributed by atoms with Gasteiger partial charge in [-0.05, 0) is 31.0 Å². The Balaban J connectivity index is 1.91. The number of hydrogen-bond acceptors (Lipinski definition) is 1. The number of nitrogens with zero attached hydrogens (tertiary/aromatic N) is 1. The van der Waals surface area contributed by atoms with Crippen LogP contribution < -0.4 is 4.90 Å². The summed E-state index contributed by atoms with van der Waals surface area (Å²) in [6.07, 6.45) is 0. The number of para-hydroxylation sites is 1. The summed E-state index contributed by atoms with van der Waals surface area (Å²) in [6.45, 7) is 4.48. The third-order valence-corrected chi connectivity index (χ3v) is 3.64. The fourth-order valence-electron chi connectivity index (χ4n) is 2.66. The molecule has 0 unspecified atom stereocenters. The zero-order valence-corrected chi connectivity index (χ0v) is 10.3. The lowest BCUT2D eigenvalue weighted by Crippen LogP contribution is -1.98. The van der Waals surface area contributed by atoms with Crippen molar-refractivity contribution in [3.63, 3.8) is 0 Å².